The van der Waals surface area contributed by atoms with Crippen LogP contribution in [0.3, 0.4) is 0 Å². The number of fused-ring (bicyclic) bond motifs is 1. The highest BCUT2D eigenvalue weighted by atomic mass is 79.9. The van der Waals surface area contributed by atoms with Gasteiger partial charge in [-0.2, -0.15) is 0 Å². The van der Waals surface area contributed by atoms with Crippen LogP contribution in [-0.2, 0) is 22.7 Å². The van der Waals surface area contributed by atoms with E-state index in [0.717, 1.165) is 0 Å². The number of halogens is 2. The lowest BCUT2D eigenvalue weighted by Crippen LogP contribution is -2.21. The number of carbonyl (C=O) groups is 1. The third-order valence-corrected chi connectivity index (χ3v) is 4.65. The van der Waals surface area contributed by atoms with Gasteiger partial charge in [-0.3, -0.25) is 14.2 Å². The average molecular weight is 419 g/mol. The van der Waals surface area contributed by atoms with Crippen molar-refractivity contribution in [2.45, 2.75) is 26.0 Å². The van der Waals surface area contributed by atoms with Gasteiger partial charge in [0, 0.05) is 23.0 Å². The summed E-state index contributed by atoms with van der Waals surface area (Å²) >= 11 is 3.23. The normalized spacial score (nSPS) is 10.8. The van der Waals surface area contributed by atoms with Crippen LogP contribution in [0.2, 0.25) is 0 Å². The van der Waals surface area contributed by atoms with Crippen molar-refractivity contribution < 1.29 is 13.9 Å². The summed E-state index contributed by atoms with van der Waals surface area (Å²) in [6, 6.07) is 11.3. The fraction of sp³-hybridized carbons (Fsp3) is 0.211. The average Bonchev–Trinajstić information content (AvgIpc) is 2.63. The number of esters is 1. The Kier molecular flexibility index (Phi) is 5.78. The van der Waals surface area contributed by atoms with E-state index in [1.54, 1.807) is 24.3 Å². The summed E-state index contributed by atoms with van der Waals surface area (Å²) in [6.07, 6.45) is 2.13. The van der Waals surface area contributed by atoms with Gasteiger partial charge in [-0.25, -0.2) is 9.37 Å². The standard InChI is InChI=1S/C19H16BrFN2O3/c20-16-10-14(21)8-7-13(16)11-26-18(24)6-3-9-23-12-22-17-5-2-1-4-15(17)19(23)25/h1-2,4-5,7-8,10,12H,3,6,9,11H2. The molecule has 26 heavy (non-hydrogen) atoms. The molecule has 0 N–H and O–H groups in total. The summed E-state index contributed by atoms with van der Waals surface area (Å²) in [5, 5.41) is 0.554. The van der Waals surface area contributed by atoms with Crippen molar-refractivity contribution >= 4 is 32.8 Å². The Balaban J connectivity index is 1.52. The molecule has 0 spiro atoms. The van der Waals surface area contributed by atoms with E-state index in [0.29, 0.717) is 33.9 Å². The van der Waals surface area contributed by atoms with Gasteiger partial charge in [-0.05, 0) is 30.7 Å². The number of nitrogens with zero attached hydrogens (tertiary/aromatic N) is 2. The number of benzene rings is 2. The highest BCUT2D eigenvalue weighted by molar-refractivity contribution is 9.10. The van der Waals surface area contributed by atoms with Crippen LogP contribution in [0.25, 0.3) is 10.9 Å². The molecule has 1 heterocycles. The molecular formula is C19H16BrFN2O3. The fourth-order valence-corrected chi connectivity index (χ4v) is 2.99. The molecule has 3 rings (SSSR count). The molecule has 134 valence electrons. The topological polar surface area (TPSA) is 61.2 Å². The van der Waals surface area contributed by atoms with Crippen molar-refractivity contribution in [1.82, 2.24) is 9.55 Å². The Labute approximate surface area is 157 Å². The lowest BCUT2D eigenvalue weighted by molar-refractivity contribution is -0.145. The van der Waals surface area contributed by atoms with Gasteiger partial charge in [0.2, 0.25) is 0 Å². The number of rotatable bonds is 6. The van der Waals surface area contributed by atoms with E-state index in [2.05, 4.69) is 20.9 Å². The lowest BCUT2D eigenvalue weighted by Gasteiger charge is -2.08. The van der Waals surface area contributed by atoms with E-state index in [-0.39, 0.29) is 30.4 Å². The molecule has 0 unspecified atom stereocenters. The van der Waals surface area contributed by atoms with Gasteiger partial charge in [0.25, 0.3) is 5.56 Å². The molecule has 7 heteroatoms. The number of ether oxygens (including phenoxy) is 1. The minimum Gasteiger partial charge on any atom is -0.461 e. The first-order valence-corrected chi connectivity index (χ1v) is 8.87. The first-order valence-electron chi connectivity index (χ1n) is 8.08. The van der Waals surface area contributed by atoms with Gasteiger partial charge in [-0.15, -0.1) is 0 Å². The summed E-state index contributed by atoms with van der Waals surface area (Å²) < 4.78 is 20.3. The summed E-state index contributed by atoms with van der Waals surface area (Å²) in [7, 11) is 0. The van der Waals surface area contributed by atoms with Gasteiger partial charge in [0.15, 0.2) is 0 Å². The molecule has 0 bridgehead atoms. The minimum absolute atomic E-state index is 0.0666. The van der Waals surface area contributed by atoms with Gasteiger partial charge >= 0.3 is 5.97 Å². The molecule has 0 aliphatic heterocycles. The first kappa shape index (κ1) is 18.3. The highest BCUT2D eigenvalue weighted by Crippen LogP contribution is 2.19. The Morgan fingerprint density at radius 1 is 1.23 bits per heavy atom. The van der Waals surface area contributed by atoms with Gasteiger partial charge in [0.05, 0.1) is 17.2 Å². The van der Waals surface area contributed by atoms with Gasteiger partial charge in [0.1, 0.15) is 12.4 Å². The molecule has 0 fully saturated rings. The van der Waals surface area contributed by atoms with Crippen molar-refractivity contribution in [3.05, 3.63) is 75.0 Å². The van der Waals surface area contributed by atoms with Crippen LogP contribution < -0.4 is 5.56 Å². The third-order valence-electron chi connectivity index (χ3n) is 3.92. The number of aromatic nitrogens is 2. The third kappa shape index (κ3) is 4.35. The van der Waals surface area contributed by atoms with Crippen LogP contribution in [0.15, 0.2) is 58.1 Å². The van der Waals surface area contributed by atoms with Crippen LogP contribution in [0.4, 0.5) is 4.39 Å². The molecule has 3 aromatic rings. The van der Waals surface area contributed by atoms with Crippen LogP contribution >= 0.6 is 15.9 Å². The van der Waals surface area contributed by atoms with Crippen molar-refractivity contribution in [1.29, 1.82) is 0 Å². The maximum Gasteiger partial charge on any atom is 0.306 e. The molecule has 0 saturated heterocycles. The second-order valence-corrected chi connectivity index (χ2v) is 6.61. The Morgan fingerprint density at radius 2 is 2.04 bits per heavy atom. The number of aryl methyl sites for hydroxylation is 1. The van der Waals surface area contributed by atoms with Crippen LogP contribution in [-0.4, -0.2) is 15.5 Å². The van der Waals surface area contributed by atoms with E-state index in [1.165, 1.54) is 23.0 Å². The number of hydrogen-bond donors (Lipinski definition) is 0. The van der Waals surface area contributed by atoms with E-state index in [1.807, 2.05) is 6.07 Å². The van der Waals surface area contributed by atoms with Crippen LogP contribution in [0.1, 0.15) is 18.4 Å². The van der Waals surface area contributed by atoms with Crippen LogP contribution in [0, 0.1) is 5.82 Å². The number of carbonyl (C=O) groups excluding carboxylic acids is 1. The lowest BCUT2D eigenvalue weighted by atomic mass is 10.2. The largest absolute Gasteiger partial charge is 0.461 e. The summed E-state index contributed by atoms with van der Waals surface area (Å²) in [6.45, 7) is 0.448. The zero-order valence-corrected chi connectivity index (χ0v) is 15.4. The van der Waals surface area contributed by atoms with Gasteiger partial charge < -0.3 is 4.74 Å². The predicted octanol–water partition coefficient (Wildman–Crippen LogP) is 3.82. The monoisotopic (exact) mass is 418 g/mol. The smallest absolute Gasteiger partial charge is 0.306 e. The maximum atomic E-state index is 13.0. The molecule has 0 aliphatic rings. The van der Waals surface area contributed by atoms with E-state index >= 15 is 0 Å². The minimum atomic E-state index is -0.372. The van der Waals surface area contributed by atoms with Crippen LogP contribution in [0.5, 0.6) is 0 Å². The molecule has 0 saturated carbocycles. The summed E-state index contributed by atoms with van der Waals surface area (Å²) in [4.78, 5) is 28.5. The maximum absolute atomic E-state index is 13.0. The highest BCUT2D eigenvalue weighted by Gasteiger charge is 2.08. The molecule has 0 aliphatic carbocycles. The van der Waals surface area contributed by atoms with E-state index in [4.69, 9.17) is 4.74 Å². The second kappa shape index (κ2) is 8.23. The van der Waals surface area contributed by atoms with Crippen molar-refractivity contribution in [2.24, 2.45) is 0 Å². The Hall–Kier alpha value is -2.54. The Bertz CT molecular complexity index is 1000. The number of para-hydroxylation sites is 1. The molecule has 1 aromatic heterocycles. The fourth-order valence-electron chi connectivity index (χ4n) is 2.53. The SMILES string of the molecule is O=C(CCCn1cnc2ccccc2c1=O)OCc1ccc(F)cc1Br. The zero-order valence-electron chi connectivity index (χ0n) is 13.8. The van der Waals surface area contributed by atoms with Crippen molar-refractivity contribution in [3.63, 3.8) is 0 Å². The quantitative estimate of drug-likeness (QED) is 0.570. The summed E-state index contributed by atoms with van der Waals surface area (Å²) in [5.74, 6) is -0.732. The Morgan fingerprint density at radius 3 is 2.85 bits per heavy atom. The van der Waals surface area contributed by atoms with Crippen molar-refractivity contribution in [3.8, 4) is 0 Å². The second-order valence-electron chi connectivity index (χ2n) is 5.76. The van der Waals surface area contributed by atoms with E-state index in [9.17, 15) is 14.0 Å². The predicted molar refractivity (Wildman–Crippen MR) is 99.1 cm³/mol. The molecule has 5 nitrogen and oxygen atoms in total. The van der Waals surface area contributed by atoms with Crippen molar-refractivity contribution in [2.75, 3.05) is 0 Å². The zero-order chi connectivity index (χ0) is 18.5. The molecule has 0 amide bonds. The van der Waals surface area contributed by atoms with Gasteiger partial charge in [-0.1, -0.05) is 34.1 Å². The molecule has 0 atom stereocenters. The molecule has 2 aromatic carbocycles. The molecular weight excluding hydrogens is 403 g/mol. The summed E-state index contributed by atoms with van der Waals surface area (Å²) in [5.41, 5.74) is 1.21. The van der Waals surface area contributed by atoms with E-state index < -0.39 is 0 Å². The number of hydrogen-bond acceptors (Lipinski definition) is 4. The first-order chi connectivity index (χ1) is 12.5. The molecule has 0 radical (unpaired) electrons.